The molecule has 0 amide bonds. The maximum Gasteiger partial charge on any atom is 0.336 e. The van der Waals surface area contributed by atoms with Gasteiger partial charge in [-0.15, -0.1) is 0 Å². The predicted molar refractivity (Wildman–Crippen MR) is 72.6 cm³/mol. The minimum atomic E-state index is -1.28. The Labute approximate surface area is 118 Å². The number of carboxylic acid groups (broad SMARTS) is 2. The third kappa shape index (κ3) is 3.10. The van der Waals surface area contributed by atoms with Gasteiger partial charge in [-0.25, -0.2) is 9.59 Å². The van der Waals surface area contributed by atoms with Crippen molar-refractivity contribution in [2.24, 2.45) is 0 Å². The van der Waals surface area contributed by atoms with Crippen LogP contribution in [-0.4, -0.2) is 27.3 Å². The Bertz CT molecular complexity index is 664. The summed E-state index contributed by atoms with van der Waals surface area (Å²) in [6.07, 6.45) is 0. The average molecular weight is 290 g/mol. The lowest BCUT2D eigenvalue weighted by Gasteiger charge is -2.06. The Balaban J connectivity index is 2.34. The molecule has 0 aliphatic rings. The minimum Gasteiger partial charge on any atom is -0.508 e. The molecular weight excluding hydrogens is 280 g/mol. The van der Waals surface area contributed by atoms with Crippen molar-refractivity contribution in [2.75, 3.05) is 0 Å². The molecule has 6 heteroatoms. The fourth-order valence-corrected chi connectivity index (χ4v) is 2.46. The first-order valence-electron chi connectivity index (χ1n) is 5.55. The van der Waals surface area contributed by atoms with E-state index in [1.165, 1.54) is 36.0 Å². The first-order chi connectivity index (χ1) is 9.47. The second-order valence-electron chi connectivity index (χ2n) is 3.91. The molecule has 3 N–H and O–H groups in total. The Morgan fingerprint density at radius 2 is 1.35 bits per heavy atom. The number of aromatic hydroxyl groups is 1. The number of hydrogen-bond acceptors (Lipinski definition) is 4. The number of carbonyl (C=O) groups is 2. The van der Waals surface area contributed by atoms with Gasteiger partial charge < -0.3 is 15.3 Å². The molecule has 2 aromatic carbocycles. The van der Waals surface area contributed by atoms with Crippen LogP contribution in [0.3, 0.4) is 0 Å². The van der Waals surface area contributed by atoms with E-state index in [4.69, 9.17) is 10.2 Å². The fourth-order valence-electron chi connectivity index (χ4n) is 1.60. The molecule has 0 radical (unpaired) electrons. The number of benzene rings is 2. The zero-order valence-corrected chi connectivity index (χ0v) is 10.9. The van der Waals surface area contributed by atoms with E-state index in [1.807, 2.05) is 0 Å². The highest BCUT2D eigenvalue weighted by atomic mass is 32.2. The number of hydrogen-bond donors (Lipinski definition) is 3. The molecule has 0 saturated heterocycles. The molecule has 102 valence electrons. The third-order valence-corrected chi connectivity index (χ3v) is 3.52. The van der Waals surface area contributed by atoms with Crippen LogP contribution in [0.25, 0.3) is 0 Å². The van der Waals surface area contributed by atoms with Gasteiger partial charge in [0.15, 0.2) is 0 Å². The summed E-state index contributed by atoms with van der Waals surface area (Å²) < 4.78 is 0. The van der Waals surface area contributed by atoms with Gasteiger partial charge in [-0.05, 0) is 42.5 Å². The van der Waals surface area contributed by atoms with Crippen molar-refractivity contribution in [1.29, 1.82) is 0 Å². The molecule has 0 fully saturated rings. The molecule has 20 heavy (non-hydrogen) atoms. The molecule has 0 aliphatic carbocycles. The molecule has 0 aliphatic heterocycles. The van der Waals surface area contributed by atoms with Crippen molar-refractivity contribution < 1.29 is 24.9 Å². The summed E-state index contributed by atoms with van der Waals surface area (Å²) in [6, 6.07) is 10.6. The quantitative estimate of drug-likeness (QED) is 0.801. The van der Waals surface area contributed by atoms with Crippen molar-refractivity contribution >= 4 is 23.7 Å². The molecular formula is C14H10O5S. The van der Waals surface area contributed by atoms with Crippen LogP contribution < -0.4 is 0 Å². The monoisotopic (exact) mass is 290 g/mol. The van der Waals surface area contributed by atoms with Crippen LogP contribution in [0.1, 0.15) is 20.7 Å². The molecule has 0 saturated carbocycles. The number of carboxylic acids is 2. The maximum absolute atomic E-state index is 11.1. The van der Waals surface area contributed by atoms with Gasteiger partial charge in [0.1, 0.15) is 5.75 Å². The molecule has 2 rings (SSSR count). The van der Waals surface area contributed by atoms with Crippen LogP contribution in [0, 0.1) is 0 Å². The van der Waals surface area contributed by atoms with Gasteiger partial charge in [-0.1, -0.05) is 11.8 Å². The second kappa shape index (κ2) is 5.66. The summed E-state index contributed by atoms with van der Waals surface area (Å²) in [5.41, 5.74) is -0.492. The number of aromatic carboxylic acids is 2. The first-order valence-corrected chi connectivity index (χ1v) is 6.36. The topological polar surface area (TPSA) is 94.8 Å². The van der Waals surface area contributed by atoms with Crippen LogP contribution in [0.5, 0.6) is 5.75 Å². The predicted octanol–water partition coefficient (Wildman–Crippen LogP) is 2.94. The molecule has 0 aromatic heterocycles. The average Bonchev–Trinajstić information content (AvgIpc) is 2.41. The number of phenols is 1. The summed E-state index contributed by atoms with van der Waals surface area (Å²) in [4.78, 5) is 23.4. The third-order valence-electron chi connectivity index (χ3n) is 2.52. The molecule has 0 atom stereocenters. The standard InChI is InChI=1S/C14H10O5S/c15-8-1-3-9(4-2-8)20-10-5-6-11(13(16)17)12(7-10)14(18)19/h1-7,15H,(H,16,17)(H,18,19). The van der Waals surface area contributed by atoms with Gasteiger partial charge in [-0.2, -0.15) is 0 Å². The van der Waals surface area contributed by atoms with Crippen LogP contribution in [0.4, 0.5) is 0 Å². The lowest BCUT2D eigenvalue weighted by molar-refractivity contribution is 0.0651. The molecule has 0 bridgehead atoms. The molecule has 2 aromatic rings. The van der Waals surface area contributed by atoms with Crippen molar-refractivity contribution in [3.63, 3.8) is 0 Å². The van der Waals surface area contributed by atoms with Crippen LogP contribution >= 0.6 is 11.8 Å². The van der Waals surface area contributed by atoms with Crippen LogP contribution in [0.2, 0.25) is 0 Å². The molecule has 5 nitrogen and oxygen atoms in total. The van der Waals surface area contributed by atoms with Gasteiger partial charge in [0.25, 0.3) is 0 Å². The summed E-state index contributed by atoms with van der Waals surface area (Å²) in [5.74, 6) is -2.42. The van der Waals surface area contributed by atoms with Crippen molar-refractivity contribution in [2.45, 2.75) is 9.79 Å². The largest absolute Gasteiger partial charge is 0.508 e. The Hall–Kier alpha value is -2.47. The zero-order chi connectivity index (χ0) is 14.7. The Morgan fingerprint density at radius 3 is 1.90 bits per heavy atom. The second-order valence-corrected chi connectivity index (χ2v) is 5.06. The fraction of sp³-hybridized carbons (Fsp3) is 0. The van der Waals surface area contributed by atoms with E-state index in [9.17, 15) is 14.7 Å². The summed E-state index contributed by atoms with van der Waals surface area (Å²) in [7, 11) is 0. The molecule has 0 unspecified atom stereocenters. The SMILES string of the molecule is O=C(O)c1ccc(Sc2ccc(O)cc2)cc1C(=O)O. The van der Waals surface area contributed by atoms with E-state index in [0.717, 1.165) is 4.90 Å². The number of rotatable bonds is 4. The van der Waals surface area contributed by atoms with E-state index in [-0.39, 0.29) is 16.9 Å². The van der Waals surface area contributed by atoms with Crippen molar-refractivity contribution in [1.82, 2.24) is 0 Å². The normalized spacial score (nSPS) is 10.2. The minimum absolute atomic E-state index is 0.141. The highest BCUT2D eigenvalue weighted by molar-refractivity contribution is 7.99. The van der Waals surface area contributed by atoms with Gasteiger partial charge in [0.2, 0.25) is 0 Å². The summed E-state index contributed by atoms with van der Waals surface area (Å²) in [5, 5.41) is 27.1. The highest BCUT2D eigenvalue weighted by Gasteiger charge is 2.16. The van der Waals surface area contributed by atoms with Gasteiger partial charge in [0.05, 0.1) is 11.1 Å². The van der Waals surface area contributed by atoms with E-state index in [0.29, 0.717) is 4.90 Å². The molecule has 0 spiro atoms. The molecule has 0 heterocycles. The Kier molecular flexibility index (Phi) is 3.95. The first kappa shape index (κ1) is 14.0. The number of phenolic OH excluding ortho intramolecular Hbond substituents is 1. The zero-order valence-electron chi connectivity index (χ0n) is 10.1. The van der Waals surface area contributed by atoms with Crippen molar-refractivity contribution in [3.05, 3.63) is 53.6 Å². The Morgan fingerprint density at radius 1 is 0.800 bits per heavy atom. The van der Waals surface area contributed by atoms with Gasteiger partial charge in [-0.3, -0.25) is 0 Å². The van der Waals surface area contributed by atoms with Crippen molar-refractivity contribution in [3.8, 4) is 5.75 Å². The maximum atomic E-state index is 11.1. The van der Waals surface area contributed by atoms with E-state index in [1.54, 1.807) is 18.2 Å². The summed E-state index contributed by atoms with van der Waals surface area (Å²) in [6.45, 7) is 0. The smallest absolute Gasteiger partial charge is 0.336 e. The van der Waals surface area contributed by atoms with Crippen LogP contribution in [0.15, 0.2) is 52.3 Å². The summed E-state index contributed by atoms with van der Waals surface area (Å²) >= 11 is 1.28. The van der Waals surface area contributed by atoms with E-state index >= 15 is 0 Å². The lowest BCUT2D eigenvalue weighted by atomic mass is 10.1. The highest BCUT2D eigenvalue weighted by Crippen LogP contribution is 2.30. The van der Waals surface area contributed by atoms with Gasteiger partial charge >= 0.3 is 11.9 Å². The van der Waals surface area contributed by atoms with E-state index < -0.39 is 11.9 Å². The lowest BCUT2D eigenvalue weighted by Crippen LogP contribution is -2.07. The van der Waals surface area contributed by atoms with Crippen LogP contribution in [-0.2, 0) is 0 Å². The van der Waals surface area contributed by atoms with E-state index in [2.05, 4.69) is 0 Å². The van der Waals surface area contributed by atoms with Gasteiger partial charge in [0, 0.05) is 9.79 Å².